The molecule has 0 aliphatic rings. The Morgan fingerprint density at radius 2 is 1.95 bits per heavy atom. The third kappa shape index (κ3) is 5.35. The molecule has 1 aromatic rings. The van der Waals surface area contributed by atoms with Gasteiger partial charge in [0.25, 0.3) is 0 Å². The topological polar surface area (TPSA) is 75.7 Å². The lowest BCUT2D eigenvalue weighted by Crippen LogP contribution is -2.44. The smallest absolute Gasteiger partial charge is 0.243 e. The molecule has 0 aliphatic heterocycles. The summed E-state index contributed by atoms with van der Waals surface area (Å²) < 4.78 is 31.9. The molecule has 1 rings (SSSR count). The van der Waals surface area contributed by atoms with Gasteiger partial charge in [0.2, 0.25) is 15.9 Å². The highest BCUT2D eigenvalue weighted by Crippen LogP contribution is 2.18. The molecule has 0 heterocycles. The van der Waals surface area contributed by atoms with Gasteiger partial charge in [0.05, 0.1) is 18.0 Å². The minimum absolute atomic E-state index is 0.162. The first-order valence-corrected chi connectivity index (χ1v) is 9.08. The van der Waals surface area contributed by atoms with Gasteiger partial charge in [0, 0.05) is 24.2 Å². The number of nitrogens with zero attached hydrogens (tertiary/aromatic N) is 1. The summed E-state index contributed by atoms with van der Waals surface area (Å²) in [6.45, 7) is 3.86. The van der Waals surface area contributed by atoms with E-state index in [-0.39, 0.29) is 29.9 Å². The summed E-state index contributed by atoms with van der Waals surface area (Å²) in [5.74, 6) is -0.355. The number of hydrogen-bond donors (Lipinski definition) is 1. The summed E-state index contributed by atoms with van der Waals surface area (Å²) in [7, 11) is -2.15. The molecule has 0 aromatic heterocycles. The van der Waals surface area contributed by atoms with Crippen molar-refractivity contribution in [2.24, 2.45) is 0 Å². The molecule has 0 fully saturated rings. The number of nitrogens with one attached hydrogen (secondary N) is 1. The van der Waals surface area contributed by atoms with Crippen molar-refractivity contribution in [2.75, 3.05) is 26.8 Å². The molecule has 0 spiro atoms. The van der Waals surface area contributed by atoms with Crippen molar-refractivity contribution >= 4 is 31.9 Å². The van der Waals surface area contributed by atoms with Gasteiger partial charge in [-0.3, -0.25) is 4.79 Å². The van der Waals surface area contributed by atoms with Crippen LogP contribution in [0, 0.1) is 0 Å². The number of ether oxygens (including phenoxy) is 1. The van der Waals surface area contributed by atoms with Crippen LogP contribution in [0.5, 0.6) is 0 Å². The minimum atomic E-state index is -3.69. The number of likely N-dealkylation sites (N-methyl/N-ethyl adjacent to an activating group) is 1. The molecule has 1 amide bonds. The van der Waals surface area contributed by atoms with E-state index in [9.17, 15) is 13.2 Å². The summed E-state index contributed by atoms with van der Waals surface area (Å²) >= 11 is 3.26. The second-order valence-electron chi connectivity index (χ2n) is 4.81. The van der Waals surface area contributed by atoms with Gasteiger partial charge in [-0.25, -0.2) is 8.42 Å². The molecule has 22 heavy (non-hydrogen) atoms. The first-order valence-electron chi connectivity index (χ1n) is 6.85. The summed E-state index contributed by atoms with van der Waals surface area (Å²) in [6, 6.07) is 6.15. The van der Waals surface area contributed by atoms with Crippen LogP contribution in [0.2, 0.25) is 0 Å². The maximum atomic E-state index is 12.5. The Morgan fingerprint density at radius 3 is 2.45 bits per heavy atom. The maximum Gasteiger partial charge on any atom is 0.243 e. The summed E-state index contributed by atoms with van der Waals surface area (Å²) in [5.41, 5.74) is 0. The lowest BCUT2D eigenvalue weighted by molar-refractivity contribution is -0.122. The lowest BCUT2D eigenvalue weighted by Gasteiger charge is -2.21. The van der Waals surface area contributed by atoms with Crippen LogP contribution in [0.4, 0.5) is 0 Å². The van der Waals surface area contributed by atoms with E-state index >= 15 is 0 Å². The second-order valence-corrected chi connectivity index (χ2v) is 7.66. The fourth-order valence-corrected chi connectivity index (χ4v) is 3.56. The van der Waals surface area contributed by atoms with E-state index in [1.807, 2.05) is 0 Å². The zero-order valence-electron chi connectivity index (χ0n) is 12.9. The highest BCUT2D eigenvalue weighted by atomic mass is 79.9. The molecule has 0 unspecified atom stereocenters. The lowest BCUT2D eigenvalue weighted by atomic mass is 10.3. The maximum absolute atomic E-state index is 12.5. The van der Waals surface area contributed by atoms with Crippen molar-refractivity contribution in [3.8, 4) is 0 Å². The van der Waals surface area contributed by atoms with Crippen LogP contribution in [-0.4, -0.2) is 51.5 Å². The van der Waals surface area contributed by atoms with Crippen molar-refractivity contribution in [1.29, 1.82) is 0 Å². The van der Waals surface area contributed by atoms with E-state index in [1.54, 1.807) is 33.1 Å². The number of sulfonamides is 1. The Labute approximate surface area is 140 Å². The summed E-state index contributed by atoms with van der Waals surface area (Å²) in [5, 5.41) is 2.70. The van der Waals surface area contributed by atoms with Crippen LogP contribution in [0.25, 0.3) is 0 Å². The molecule has 0 radical (unpaired) electrons. The van der Waals surface area contributed by atoms with Crippen LogP contribution in [0.3, 0.4) is 0 Å². The number of benzene rings is 1. The zero-order chi connectivity index (χ0) is 16.8. The fourth-order valence-electron chi connectivity index (χ4n) is 1.89. The number of hydrogen-bond acceptors (Lipinski definition) is 4. The van der Waals surface area contributed by atoms with E-state index in [1.165, 1.54) is 12.1 Å². The first kappa shape index (κ1) is 19.1. The Kier molecular flexibility index (Phi) is 7.47. The number of halogens is 1. The highest BCUT2D eigenvalue weighted by molar-refractivity contribution is 9.10. The van der Waals surface area contributed by atoms with Crippen molar-refractivity contribution in [3.63, 3.8) is 0 Å². The third-order valence-corrected chi connectivity index (χ3v) is 5.41. The largest absolute Gasteiger partial charge is 0.383 e. The van der Waals surface area contributed by atoms with E-state index in [4.69, 9.17) is 4.74 Å². The van der Waals surface area contributed by atoms with Gasteiger partial charge in [0.15, 0.2) is 0 Å². The van der Waals surface area contributed by atoms with Gasteiger partial charge < -0.3 is 10.1 Å². The van der Waals surface area contributed by atoms with Crippen LogP contribution in [0.15, 0.2) is 33.6 Å². The van der Waals surface area contributed by atoms with Crippen LogP contribution >= 0.6 is 15.9 Å². The first-order chi connectivity index (χ1) is 10.3. The normalized spacial score (nSPS) is 13.1. The van der Waals surface area contributed by atoms with Crippen LogP contribution < -0.4 is 5.32 Å². The van der Waals surface area contributed by atoms with Gasteiger partial charge in [-0.1, -0.05) is 22.9 Å². The van der Waals surface area contributed by atoms with Gasteiger partial charge in [-0.05, 0) is 31.2 Å². The molecule has 0 saturated heterocycles. The molecule has 8 heteroatoms. The average molecular weight is 393 g/mol. The molecule has 0 bridgehead atoms. The number of carbonyl (C=O) groups is 1. The summed E-state index contributed by atoms with van der Waals surface area (Å²) in [6.07, 6.45) is 0. The Balaban J connectivity index is 2.82. The van der Waals surface area contributed by atoms with E-state index in [0.29, 0.717) is 6.61 Å². The molecule has 0 aliphatic carbocycles. The van der Waals surface area contributed by atoms with Crippen LogP contribution in [-0.2, 0) is 19.6 Å². The van der Waals surface area contributed by atoms with Crippen molar-refractivity contribution in [3.05, 3.63) is 28.7 Å². The Morgan fingerprint density at radius 1 is 1.36 bits per heavy atom. The van der Waals surface area contributed by atoms with E-state index < -0.39 is 10.0 Å². The fraction of sp³-hybridized carbons (Fsp3) is 0.500. The van der Waals surface area contributed by atoms with Crippen molar-refractivity contribution in [1.82, 2.24) is 9.62 Å². The molecule has 124 valence electrons. The third-order valence-electron chi connectivity index (χ3n) is 2.95. The van der Waals surface area contributed by atoms with Gasteiger partial charge in [-0.15, -0.1) is 0 Å². The summed E-state index contributed by atoms with van der Waals surface area (Å²) in [4.78, 5) is 12.1. The molecule has 1 aromatic carbocycles. The standard InChI is InChI=1S/C14H21BrN2O4S/c1-4-17(9-14(18)16-11(2)10-21-3)22(19,20)13-7-5-12(15)6-8-13/h5-8,11H,4,9-10H2,1-3H3,(H,16,18)/t11-/m1/s1. The molecular formula is C14H21BrN2O4S. The van der Waals surface area contributed by atoms with Crippen LogP contribution in [0.1, 0.15) is 13.8 Å². The van der Waals surface area contributed by atoms with Gasteiger partial charge in [-0.2, -0.15) is 4.31 Å². The number of methoxy groups -OCH3 is 1. The van der Waals surface area contributed by atoms with Crippen molar-refractivity contribution < 1.29 is 17.9 Å². The zero-order valence-corrected chi connectivity index (χ0v) is 15.3. The molecule has 0 saturated carbocycles. The number of carbonyl (C=O) groups excluding carboxylic acids is 1. The second kappa shape index (κ2) is 8.61. The highest BCUT2D eigenvalue weighted by Gasteiger charge is 2.25. The predicted octanol–water partition coefficient (Wildman–Crippen LogP) is 1.61. The number of rotatable bonds is 8. The Bertz CT molecular complexity index is 589. The SMILES string of the molecule is CCN(CC(=O)N[C@H](C)COC)S(=O)(=O)c1ccc(Br)cc1. The van der Waals surface area contributed by atoms with E-state index in [2.05, 4.69) is 21.2 Å². The van der Waals surface area contributed by atoms with Crippen molar-refractivity contribution in [2.45, 2.75) is 24.8 Å². The molecule has 1 atom stereocenters. The minimum Gasteiger partial charge on any atom is -0.383 e. The average Bonchev–Trinajstić information content (AvgIpc) is 2.45. The quantitative estimate of drug-likeness (QED) is 0.728. The predicted molar refractivity (Wildman–Crippen MR) is 88.1 cm³/mol. The monoisotopic (exact) mass is 392 g/mol. The number of amides is 1. The Hall–Kier alpha value is -0.960. The molecular weight excluding hydrogens is 372 g/mol. The van der Waals surface area contributed by atoms with Gasteiger partial charge in [0.1, 0.15) is 0 Å². The molecule has 1 N–H and O–H groups in total. The van der Waals surface area contributed by atoms with Gasteiger partial charge >= 0.3 is 0 Å². The van der Waals surface area contributed by atoms with E-state index in [0.717, 1.165) is 8.78 Å². The molecule has 6 nitrogen and oxygen atoms in total.